The van der Waals surface area contributed by atoms with Gasteiger partial charge in [-0.15, -0.1) is 11.6 Å². The minimum absolute atomic E-state index is 0.230. The van der Waals surface area contributed by atoms with Crippen LogP contribution in [-0.4, -0.2) is 22.7 Å². The highest BCUT2D eigenvalue weighted by atomic mass is 35.5. The molecule has 1 unspecified atom stereocenters. The summed E-state index contributed by atoms with van der Waals surface area (Å²) >= 11 is 7.35. The summed E-state index contributed by atoms with van der Waals surface area (Å²) in [6.45, 7) is 4.21. The molecule has 82 valence electrons. The van der Waals surface area contributed by atoms with Gasteiger partial charge in [0, 0.05) is 17.6 Å². The predicted molar refractivity (Wildman–Crippen MR) is 66.3 cm³/mol. The largest absolute Gasteiger partial charge is 0.295 e. The Hall–Kier alpha value is 0.0500. The molecule has 0 saturated heterocycles. The van der Waals surface area contributed by atoms with Crippen LogP contribution in [0.4, 0.5) is 0 Å². The lowest BCUT2D eigenvalue weighted by molar-refractivity contribution is -0.114. The van der Waals surface area contributed by atoms with Crippen LogP contribution < -0.4 is 0 Å². The maximum absolute atomic E-state index is 11.4. The van der Waals surface area contributed by atoms with E-state index in [9.17, 15) is 4.79 Å². The highest BCUT2D eigenvalue weighted by Crippen LogP contribution is 2.13. The Morgan fingerprint density at radius 1 is 1.57 bits per heavy atom. The van der Waals surface area contributed by atoms with Gasteiger partial charge in [0.25, 0.3) is 0 Å². The maximum Gasteiger partial charge on any atom is 0.156 e. The van der Waals surface area contributed by atoms with E-state index >= 15 is 0 Å². The average molecular weight is 235 g/mol. The van der Waals surface area contributed by atoms with E-state index in [1.807, 2.05) is 17.8 Å². The fourth-order valence-electron chi connectivity index (χ4n) is 1.10. The number of ketones is 1. The number of carbonyl (C=O) groups is 1. The lowest BCUT2D eigenvalue weighted by Gasteiger charge is -2.05. The van der Waals surface area contributed by atoms with Gasteiger partial charge in [-0.3, -0.25) is 4.79 Å². The maximum atomic E-state index is 11.4. The molecule has 0 bridgehead atoms. The van der Waals surface area contributed by atoms with Gasteiger partial charge < -0.3 is 0 Å². The number of alkyl halides is 1. The molecule has 0 rings (SSSR count). The molecule has 0 spiro atoms. The van der Waals surface area contributed by atoms with Crippen LogP contribution in [0, 0.1) is 0 Å². The number of hydrogen-bond acceptors (Lipinski definition) is 2. The van der Waals surface area contributed by atoms with Crippen LogP contribution >= 0.6 is 23.4 Å². The summed E-state index contributed by atoms with van der Waals surface area (Å²) in [5, 5.41) is 0.435. The van der Waals surface area contributed by atoms with E-state index in [-0.39, 0.29) is 5.78 Å². The molecule has 0 aliphatic rings. The van der Waals surface area contributed by atoms with Crippen molar-refractivity contribution in [2.24, 2.45) is 0 Å². The SMILES string of the molecule is CCSC(C)CC(=O)/C=C/CCCCl. The van der Waals surface area contributed by atoms with Crippen LogP contribution in [0.5, 0.6) is 0 Å². The van der Waals surface area contributed by atoms with Gasteiger partial charge in [0.05, 0.1) is 0 Å². The van der Waals surface area contributed by atoms with Crippen LogP contribution in [0.15, 0.2) is 12.2 Å². The van der Waals surface area contributed by atoms with E-state index in [0.29, 0.717) is 17.6 Å². The van der Waals surface area contributed by atoms with Crippen molar-refractivity contribution in [3.8, 4) is 0 Å². The van der Waals surface area contributed by atoms with Gasteiger partial charge in [0.1, 0.15) is 0 Å². The van der Waals surface area contributed by atoms with Crippen molar-refractivity contribution in [1.29, 1.82) is 0 Å². The monoisotopic (exact) mass is 234 g/mol. The summed E-state index contributed by atoms with van der Waals surface area (Å²) in [6, 6.07) is 0. The molecule has 0 amide bonds. The summed E-state index contributed by atoms with van der Waals surface area (Å²) < 4.78 is 0. The molecule has 3 heteroatoms. The number of carbonyl (C=O) groups excluding carboxylic acids is 1. The molecule has 1 nitrogen and oxygen atoms in total. The van der Waals surface area contributed by atoms with Crippen molar-refractivity contribution >= 4 is 29.1 Å². The molecular formula is C11H19ClOS. The van der Waals surface area contributed by atoms with Crippen molar-refractivity contribution in [2.75, 3.05) is 11.6 Å². The Labute approximate surface area is 96.3 Å². The molecule has 14 heavy (non-hydrogen) atoms. The Morgan fingerprint density at radius 3 is 2.86 bits per heavy atom. The fourth-order valence-corrected chi connectivity index (χ4v) is 2.11. The zero-order valence-electron chi connectivity index (χ0n) is 8.96. The number of halogens is 1. The topological polar surface area (TPSA) is 17.1 Å². The van der Waals surface area contributed by atoms with Gasteiger partial charge in [0.2, 0.25) is 0 Å². The van der Waals surface area contributed by atoms with Crippen molar-refractivity contribution in [1.82, 2.24) is 0 Å². The molecule has 0 saturated carbocycles. The highest BCUT2D eigenvalue weighted by molar-refractivity contribution is 7.99. The molecule has 0 aromatic carbocycles. The Bertz CT molecular complexity index is 180. The fraction of sp³-hybridized carbons (Fsp3) is 0.727. The van der Waals surface area contributed by atoms with E-state index in [4.69, 9.17) is 11.6 Å². The molecule has 0 aromatic heterocycles. The summed E-state index contributed by atoms with van der Waals surface area (Å²) in [5.74, 6) is 1.97. The first-order valence-electron chi connectivity index (χ1n) is 5.07. The average Bonchev–Trinajstić information content (AvgIpc) is 2.13. The van der Waals surface area contributed by atoms with Gasteiger partial charge in [-0.05, 0) is 24.7 Å². The third kappa shape index (κ3) is 8.64. The lowest BCUT2D eigenvalue weighted by Crippen LogP contribution is -2.04. The normalized spacial score (nSPS) is 13.4. The van der Waals surface area contributed by atoms with E-state index in [0.717, 1.165) is 18.6 Å². The van der Waals surface area contributed by atoms with Crippen LogP contribution in [0.1, 0.15) is 33.1 Å². The van der Waals surface area contributed by atoms with Gasteiger partial charge in [0.15, 0.2) is 5.78 Å². The second-order valence-corrected chi connectivity index (χ2v) is 5.26. The summed E-state index contributed by atoms with van der Waals surface area (Å²) in [7, 11) is 0. The summed E-state index contributed by atoms with van der Waals surface area (Å²) in [6.07, 6.45) is 6.12. The Balaban J connectivity index is 3.58. The summed E-state index contributed by atoms with van der Waals surface area (Å²) in [4.78, 5) is 11.4. The standard InChI is InChI=1S/C11H19ClOS/c1-3-14-10(2)9-11(13)7-5-4-6-8-12/h5,7,10H,3-4,6,8-9H2,1-2H3/b7-5+. The molecular weight excluding hydrogens is 216 g/mol. The minimum Gasteiger partial charge on any atom is -0.295 e. The third-order valence-corrected chi connectivity index (χ3v) is 3.08. The molecule has 1 atom stereocenters. The number of allylic oxidation sites excluding steroid dienone is 2. The van der Waals surface area contributed by atoms with E-state index in [1.54, 1.807) is 6.08 Å². The Kier molecular flexibility index (Phi) is 9.63. The molecule has 0 aliphatic carbocycles. The first-order valence-corrected chi connectivity index (χ1v) is 6.66. The van der Waals surface area contributed by atoms with Crippen LogP contribution in [0.3, 0.4) is 0 Å². The molecule has 0 radical (unpaired) electrons. The quantitative estimate of drug-likeness (QED) is 0.362. The lowest BCUT2D eigenvalue weighted by atomic mass is 10.2. The molecule has 0 fully saturated rings. The molecule has 0 N–H and O–H groups in total. The second-order valence-electron chi connectivity index (χ2n) is 3.17. The van der Waals surface area contributed by atoms with E-state index < -0.39 is 0 Å². The van der Waals surface area contributed by atoms with Crippen LogP contribution in [0.25, 0.3) is 0 Å². The number of unbranched alkanes of at least 4 members (excludes halogenated alkanes) is 1. The zero-order chi connectivity index (χ0) is 10.8. The first kappa shape index (κ1) is 14.1. The predicted octanol–water partition coefficient (Wildman–Crippen LogP) is 3.66. The van der Waals surface area contributed by atoms with Gasteiger partial charge >= 0.3 is 0 Å². The van der Waals surface area contributed by atoms with Crippen molar-refractivity contribution < 1.29 is 4.79 Å². The Morgan fingerprint density at radius 2 is 2.29 bits per heavy atom. The summed E-state index contributed by atoms with van der Waals surface area (Å²) in [5.41, 5.74) is 0. The van der Waals surface area contributed by atoms with Gasteiger partial charge in [-0.25, -0.2) is 0 Å². The second kappa shape index (κ2) is 9.60. The number of hydrogen-bond donors (Lipinski definition) is 0. The third-order valence-electron chi connectivity index (χ3n) is 1.75. The number of thioether (sulfide) groups is 1. The molecule has 0 aromatic rings. The smallest absolute Gasteiger partial charge is 0.156 e. The van der Waals surface area contributed by atoms with E-state index in [1.165, 1.54) is 0 Å². The van der Waals surface area contributed by atoms with E-state index in [2.05, 4.69) is 13.8 Å². The van der Waals surface area contributed by atoms with Crippen molar-refractivity contribution in [2.45, 2.75) is 38.4 Å². The molecule has 0 aliphatic heterocycles. The van der Waals surface area contributed by atoms with Crippen molar-refractivity contribution in [3.63, 3.8) is 0 Å². The number of rotatable bonds is 8. The van der Waals surface area contributed by atoms with Gasteiger partial charge in [-0.2, -0.15) is 11.8 Å². The minimum atomic E-state index is 0.230. The highest BCUT2D eigenvalue weighted by Gasteiger charge is 2.05. The van der Waals surface area contributed by atoms with Crippen molar-refractivity contribution in [3.05, 3.63) is 12.2 Å². The first-order chi connectivity index (χ1) is 6.70. The van der Waals surface area contributed by atoms with Crippen LogP contribution in [0.2, 0.25) is 0 Å². The van der Waals surface area contributed by atoms with Gasteiger partial charge in [-0.1, -0.05) is 19.9 Å². The zero-order valence-corrected chi connectivity index (χ0v) is 10.5. The van der Waals surface area contributed by atoms with Crippen LogP contribution in [-0.2, 0) is 4.79 Å². The molecule has 0 heterocycles.